The number of hydrogen-bond donors (Lipinski definition) is 2. The van der Waals surface area contributed by atoms with Crippen molar-refractivity contribution in [2.24, 2.45) is 5.73 Å². The van der Waals surface area contributed by atoms with E-state index in [1.165, 1.54) is 0 Å². The largest absolute Gasteiger partial charge is 0.355 e. The molecule has 3 heteroatoms. The molecule has 38 valence electrons. The summed E-state index contributed by atoms with van der Waals surface area (Å²) in [6, 6.07) is 0. The third-order valence-electron chi connectivity index (χ3n) is 0.337. The van der Waals surface area contributed by atoms with Crippen molar-refractivity contribution in [3.8, 4) is 0 Å². The maximum atomic E-state index is 5.04. The van der Waals surface area contributed by atoms with Crippen LogP contribution in [0.3, 0.4) is 0 Å². The molecule has 0 radical (unpaired) electrons. The summed E-state index contributed by atoms with van der Waals surface area (Å²) in [6.45, 7) is 2.50. The van der Waals surface area contributed by atoms with Crippen LogP contribution in [0.15, 0.2) is 0 Å². The van der Waals surface area contributed by atoms with E-state index in [2.05, 4.69) is 17.4 Å². The average molecular weight is 107 g/mol. The minimum Gasteiger partial charge on any atom is -0.355 e. The summed E-state index contributed by atoms with van der Waals surface area (Å²) < 4.78 is 4.68. The Morgan fingerprint density at radius 2 is 2.50 bits per heavy atom. The zero-order valence-electron chi connectivity index (χ0n) is 3.72. The zero-order valence-corrected chi connectivity index (χ0v) is 4.61. The molecule has 1 unspecified atom stereocenters. The Hall–Kier alpha value is 0.270. The van der Waals surface area contributed by atoms with Crippen molar-refractivity contribution in [3.63, 3.8) is 0 Å². The first-order valence-electron chi connectivity index (χ1n) is 1.82. The molecule has 0 aromatic heterocycles. The van der Waals surface area contributed by atoms with Crippen molar-refractivity contribution in [1.82, 2.24) is 0 Å². The first-order valence-corrected chi connectivity index (χ1v) is 2.34. The van der Waals surface area contributed by atoms with Crippen molar-refractivity contribution in [1.29, 1.82) is 0 Å². The fraction of sp³-hybridized carbons (Fsp3) is 1.00. The summed E-state index contributed by atoms with van der Waals surface area (Å²) in [5.41, 5.74) is 4.64. The fourth-order valence-corrected chi connectivity index (χ4v) is 0.320. The summed E-state index contributed by atoms with van der Waals surface area (Å²) in [7, 11) is 0. The van der Waals surface area contributed by atoms with Gasteiger partial charge < -0.3 is 4.74 Å². The molecule has 0 bridgehead atoms. The Morgan fingerprint density at radius 3 is 2.50 bits per heavy atom. The minimum absolute atomic E-state index is 0.407. The smallest absolute Gasteiger partial charge is 0.150 e. The van der Waals surface area contributed by atoms with Crippen LogP contribution >= 0.6 is 12.6 Å². The Morgan fingerprint density at radius 1 is 2.00 bits per heavy atom. The van der Waals surface area contributed by atoms with E-state index in [0.29, 0.717) is 6.61 Å². The van der Waals surface area contributed by atoms with Gasteiger partial charge >= 0.3 is 0 Å². The molecule has 6 heavy (non-hydrogen) atoms. The number of hydrogen-bond acceptors (Lipinski definition) is 3. The Balaban J connectivity index is 2.63. The van der Waals surface area contributed by atoms with Gasteiger partial charge in [-0.25, -0.2) is 0 Å². The molecule has 0 rings (SSSR count). The average Bonchev–Trinajstić information content (AvgIpc) is 1.35. The van der Waals surface area contributed by atoms with Crippen LogP contribution in [0, 0.1) is 0 Å². The second-order valence-electron chi connectivity index (χ2n) is 0.846. The lowest BCUT2D eigenvalue weighted by Crippen LogP contribution is -2.15. The molecule has 0 saturated carbocycles. The van der Waals surface area contributed by atoms with Crippen molar-refractivity contribution in [2.75, 3.05) is 6.61 Å². The summed E-state index contributed by atoms with van der Waals surface area (Å²) in [5, 5.41) is 0. The Kier molecular flexibility index (Phi) is 3.62. The highest BCUT2D eigenvalue weighted by Gasteiger charge is 1.84. The van der Waals surface area contributed by atoms with Gasteiger partial charge in [-0.2, -0.15) is 0 Å². The highest BCUT2D eigenvalue weighted by Crippen LogP contribution is 1.83. The van der Waals surface area contributed by atoms with Crippen LogP contribution in [-0.4, -0.2) is 12.2 Å². The van der Waals surface area contributed by atoms with Crippen molar-refractivity contribution in [3.05, 3.63) is 0 Å². The fourth-order valence-electron chi connectivity index (χ4n) is 0.171. The lowest BCUT2D eigenvalue weighted by Gasteiger charge is -1.99. The topological polar surface area (TPSA) is 35.2 Å². The van der Waals surface area contributed by atoms with Crippen molar-refractivity contribution < 1.29 is 4.74 Å². The van der Waals surface area contributed by atoms with Gasteiger partial charge in [-0.3, -0.25) is 5.73 Å². The van der Waals surface area contributed by atoms with E-state index < -0.39 is 5.56 Å². The minimum atomic E-state index is -0.407. The van der Waals surface area contributed by atoms with Crippen molar-refractivity contribution >= 4 is 12.6 Å². The summed E-state index contributed by atoms with van der Waals surface area (Å²) in [4.78, 5) is 0. The number of thiol groups is 1. The Bertz CT molecular complexity index is 32.0. The number of ether oxygens (including phenoxy) is 1. The third kappa shape index (κ3) is 4.27. The first-order chi connectivity index (χ1) is 2.77. The van der Waals surface area contributed by atoms with Crippen LogP contribution in [0.25, 0.3) is 0 Å². The highest BCUT2D eigenvalue weighted by atomic mass is 32.1. The number of rotatable bonds is 2. The maximum Gasteiger partial charge on any atom is 0.150 e. The van der Waals surface area contributed by atoms with E-state index in [-0.39, 0.29) is 0 Å². The van der Waals surface area contributed by atoms with Gasteiger partial charge in [-0.1, -0.05) is 0 Å². The normalized spacial score (nSPS) is 14.5. The van der Waals surface area contributed by atoms with Gasteiger partial charge in [-0.05, 0) is 6.92 Å². The van der Waals surface area contributed by atoms with Gasteiger partial charge in [0.15, 0.2) is 5.56 Å². The van der Waals surface area contributed by atoms with Crippen molar-refractivity contribution in [2.45, 2.75) is 12.5 Å². The van der Waals surface area contributed by atoms with Gasteiger partial charge in [0.05, 0.1) is 0 Å². The van der Waals surface area contributed by atoms with E-state index in [1.807, 2.05) is 6.92 Å². The molecular formula is C3H9NOS. The van der Waals surface area contributed by atoms with Gasteiger partial charge in [0.25, 0.3) is 0 Å². The van der Waals surface area contributed by atoms with E-state index >= 15 is 0 Å². The van der Waals surface area contributed by atoms with E-state index in [0.717, 1.165) is 0 Å². The molecule has 0 aliphatic carbocycles. The lowest BCUT2D eigenvalue weighted by molar-refractivity contribution is 0.131. The third-order valence-corrected chi connectivity index (χ3v) is 0.486. The predicted octanol–water partition coefficient (Wildman–Crippen LogP) is 0.195. The monoisotopic (exact) mass is 107 g/mol. The molecule has 0 fully saturated rings. The van der Waals surface area contributed by atoms with Crippen LogP contribution in [0.2, 0.25) is 0 Å². The summed E-state index contributed by atoms with van der Waals surface area (Å²) in [5.74, 6) is 0. The summed E-state index contributed by atoms with van der Waals surface area (Å²) >= 11 is 3.73. The second kappa shape index (κ2) is 3.46. The molecule has 0 aliphatic heterocycles. The maximum absolute atomic E-state index is 5.04. The molecule has 0 amide bonds. The molecule has 0 aromatic rings. The molecule has 0 aromatic carbocycles. The molecule has 0 spiro atoms. The predicted molar refractivity (Wildman–Crippen MR) is 28.6 cm³/mol. The van der Waals surface area contributed by atoms with E-state index in [1.54, 1.807) is 0 Å². The quantitative estimate of drug-likeness (QED) is 0.390. The molecular weight excluding hydrogens is 98.1 g/mol. The van der Waals surface area contributed by atoms with Gasteiger partial charge in [0.2, 0.25) is 0 Å². The lowest BCUT2D eigenvalue weighted by atomic mass is 10.9. The standard InChI is InChI=1S/C3H9NOS/c1-2-5-3(4)6/h3,6H,2,4H2,1H3. The van der Waals surface area contributed by atoms with Crippen LogP contribution in [0.4, 0.5) is 0 Å². The molecule has 2 N–H and O–H groups in total. The number of nitrogens with two attached hydrogens (primary N) is 1. The summed E-state index contributed by atoms with van der Waals surface area (Å²) in [6.07, 6.45) is 0. The first kappa shape index (κ1) is 6.27. The van der Waals surface area contributed by atoms with Gasteiger partial charge in [0, 0.05) is 6.61 Å². The second-order valence-corrected chi connectivity index (χ2v) is 1.35. The molecule has 0 saturated heterocycles. The van der Waals surface area contributed by atoms with E-state index in [4.69, 9.17) is 5.73 Å². The highest BCUT2D eigenvalue weighted by molar-refractivity contribution is 7.80. The van der Waals surface area contributed by atoms with Gasteiger partial charge in [0.1, 0.15) is 0 Å². The van der Waals surface area contributed by atoms with Crippen LogP contribution in [-0.2, 0) is 4.74 Å². The molecule has 0 heterocycles. The van der Waals surface area contributed by atoms with Crippen LogP contribution in [0.5, 0.6) is 0 Å². The van der Waals surface area contributed by atoms with Crippen LogP contribution in [0.1, 0.15) is 6.92 Å². The van der Waals surface area contributed by atoms with E-state index in [9.17, 15) is 0 Å². The van der Waals surface area contributed by atoms with Crippen LogP contribution < -0.4 is 5.73 Å². The SMILES string of the molecule is CCOC(N)S. The zero-order chi connectivity index (χ0) is 4.99. The van der Waals surface area contributed by atoms with Gasteiger partial charge in [-0.15, -0.1) is 12.6 Å². The Labute approximate surface area is 43.1 Å². The molecule has 0 aliphatic rings. The molecule has 1 atom stereocenters. The molecule has 2 nitrogen and oxygen atoms in total.